The summed E-state index contributed by atoms with van der Waals surface area (Å²) in [5.74, 6) is -1.17. The van der Waals surface area contributed by atoms with Crippen LogP contribution in [0.4, 0.5) is 20.4 Å². The number of piperazine rings is 1. The first-order valence-electron chi connectivity index (χ1n) is 13.2. The summed E-state index contributed by atoms with van der Waals surface area (Å²) in [7, 11) is 0. The van der Waals surface area contributed by atoms with Gasteiger partial charge in [0.05, 0.1) is 17.5 Å². The molecule has 1 atom stereocenters. The Bertz CT molecular complexity index is 1790. The van der Waals surface area contributed by atoms with Crippen molar-refractivity contribution in [1.82, 2.24) is 25.2 Å². The van der Waals surface area contributed by atoms with Gasteiger partial charge in [0.25, 0.3) is 5.91 Å². The number of aromatic nitrogens is 3. The maximum atomic E-state index is 14.7. The topological polar surface area (TPSA) is 83.0 Å². The highest BCUT2D eigenvalue weighted by molar-refractivity contribution is 6.31. The van der Waals surface area contributed by atoms with Gasteiger partial charge in [-0.3, -0.25) is 4.79 Å². The number of carbonyl (C=O) groups excluding carboxylic acids is 1. The number of hydrogen-bond acceptors (Lipinski definition) is 6. The van der Waals surface area contributed by atoms with Gasteiger partial charge in [-0.25, -0.2) is 23.7 Å². The number of anilines is 2. The van der Waals surface area contributed by atoms with Gasteiger partial charge in [-0.2, -0.15) is 0 Å². The first-order valence-corrected chi connectivity index (χ1v) is 13.6. The zero-order valence-electron chi connectivity index (χ0n) is 22.7. The van der Waals surface area contributed by atoms with Crippen LogP contribution in [0.1, 0.15) is 31.1 Å². The monoisotopic (exact) mass is 572 g/mol. The Hall–Kier alpha value is -4.21. The van der Waals surface area contributed by atoms with Gasteiger partial charge >= 0.3 is 0 Å². The smallest absolute Gasteiger partial charge is 0.253 e. The Kier molecular flexibility index (Phi) is 6.79. The SMILES string of the molecule is CC1CN(C(=O)c2ccc(Nc3ncc4nc(-c5c(F)cccc5F)c5cc(Cl)ccc5c4n3)cc2)CC(C)(C)N1. The number of nitrogens with zero attached hydrogens (tertiary/aromatic N) is 4. The normalized spacial score (nSPS) is 16.7. The summed E-state index contributed by atoms with van der Waals surface area (Å²) in [6.07, 6.45) is 1.51. The van der Waals surface area contributed by atoms with E-state index < -0.39 is 11.6 Å². The molecule has 7 nitrogen and oxygen atoms in total. The molecule has 6 rings (SSSR count). The molecule has 1 saturated heterocycles. The summed E-state index contributed by atoms with van der Waals surface area (Å²) in [5.41, 5.74) is 1.89. The summed E-state index contributed by atoms with van der Waals surface area (Å²) in [6.45, 7) is 7.52. The molecule has 1 amide bonds. The average Bonchev–Trinajstić information content (AvgIpc) is 2.92. The van der Waals surface area contributed by atoms with Crippen LogP contribution >= 0.6 is 11.6 Å². The summed E-state index contributed by atoms with van der Waals surface area (Å²) in [6, 6.07) is 16.1. The van der Waals surface area contributed by atoms with E-state index in [2.05, 4.69) is 46.4 Å². The van der Waals surface area contributed by atoms with Crippen molar-refractivity contribution < 1.29 is 13.6 Å². The lowest BCUT2D eigenvalue weighted by Crippen LogP contribution is -2.62. The van der Waals surface area contributed by atoms with E-state index in [1.807, 2.05) is 4.90 Å². The molecule has 1 aliphatic heterocycles. The quantitative estimate of drug-likeness (QED) is 0.232. The number of benzene rings is 3. The van der Waals surface area contributed by atoms with E-state index >= 15 is 0 Å². The predicted octanol–water partition coefficient (Wildman–Crippen LogP) is 6.73. The predicted molar refractivity (Wildman–Crippen MR) is 158 cm³/mol. The maximum Gasteiger partial charge on any atom is 0.253 e. The number of carbonyl (C=O) groups is 1. The van der Waals surface area contributed by atoms with E-state index in [1.165, 1.54) is 24.4 Å². The lowest BCUT2D eigenvalue weighted by Gasteiger charge is -2.42. The largest absolute Gasteiger partial charge is 0.335 e. The second-order valence-electron chi connectivity index (χ2n) is 11.0. The molecule has 1 aliphatic rings. The number of halogens is 3. The molecule has 0 bridgehead atoms. The molecule has 2 N–H and O–H groups in total. The molecule has 41 heavy (non-hydrogen) atoms. The number of rotatable bonds is 4. The molecule has 5 aromatic rings. The van der Waals surface area contributed by atoms with Crippen LogP contribution in [0, 0.1) is 11.6 Å². The van der Waals surface area contributed by atoms with Crippen molar-refractivity contribution >= 4 is 50.9 Å². The highest BCUT2D eigenvalue weighted by Gasteiger charge is 2.32. The highest BCUT2D eigenvalue weighted by atomic mass is 35.5. The lowest BCUT2D eigenvalue weighted by atomic mass is 9.98. The Morgan fingerprint density at radius 2 is 1.78 bits per heavy atom. The number of nitrogens with one attached hydrogen (secondary N) is 2. The van der Waals surface area contributed by atoms with Crippen LogP contribution in [-0.4, -0.2) is 50.4 Å². The third kappa shape index (κ3) is 5.30. The number of hydrogen-bond donors (Lipinski definition) is 2. The minimum Gasteiger partial charge on any atom is -0.335 e. The van der Waals surface area contributed by atoms with Gasteiger partial charge in [0.1, 0.15) is 22.7 Å². The van der Waals surface area contributed by atoms with Crippen molar-refractivity contribution in [3.8, 4) is 11.3 Å². The zero-order chi connectivity index (χ0) is 28.9. The lowest BCUT2D eigenvalue weighted by molar-refractivity contribution is 0.0596. The molecular formula is C31H27ClF2N6O. The van der Waals surface area contributed by atoms with E-state index in [-0.39, 0.29) is 28.7 Å². The number of pyridine rings is 1. The standard InChI is InChI=1S/C31H27ClF2N6O/c1-17-15-40(16-31(2,3)39-17)29(41)18-7-10-20(11-8-18)36-30-35-14-25-27(38-30)21-12-9-19(32)13-22(21)28(37-25)26-23(33)5-4-6-24(26)34/h4-14,17,39H,15-16H2,1-3H3,(H,35,36,38). The fraction of sp³-hybridized carbons (Fsp3) is 0.226. The van der Waals surface area contributed by atoms with Crippen LogP contribution in [0.3, 0.4) is 0 Å². The van der Waals surface area contributed by atoms with Crippen molar-refractivity contribution in [2.45, 2.75) is 32.4 Å². The van der Waals surface area contributed by atoms with Gasteiger partial charge in [0.15, 0.2) is 0 Å². The van der Waals surface area contributed by atoms with Crippen molar-refractivity contribution in [3.05, 3.63) is 89.1 Å². The van der Waals surface area contributed by atoms with Gasteiger partial charge in [0, 0.05) is 51.7 Å². The number of fused-ring (bicyclic) bond motifs is 3. The minimum atomic E-state index is -0.727. The van der Waals surface area contributed by atoms with E-state index in [9.17, 15) is 13.6 Å². The Morgan fingerprint density at radius 3 is 2.49 bits per heavy atom. The van der Waals surface area contributed by atoms with Gasteiger partial charge in [0.2, 0.25) is 5.95 Å². The first kappa shape index (κ1) is 27.0. The van der Waals surface area contributed by atoms with Gasteiger partial charge in [-0.05, 0) is 69.3 Å². The van der Waals surface area contributed by atoms with Crippen LogP contribution in [0.15, 0.2) is 66.9 Å². The summed E-state index contributed by atoms with van der Waals surface area (Å²) < 4.78 is 29.5. The Balaban J connectivity index is 1.32. The van der Waals surface area contributed by atoms with Crippen molar-refractivity contribution in [3.63, 3.8) is 0 Å². The molecule has 10 heteroatoms. The van der Waals surface area contributed by atoms with Crippen LogP contribution in [0.2, 0.25) is 5.02 Å². The third-order valence-electron chi connectivity index (χ3n) is 7.09. The average molecular weight is 573 g/mol. The van der Waals surface area contributed by atoms with Crippen LogP contribution in [-0.2, 0) is 0 Å². The number of amides is 1. The molecule has 3 heterocycles. The summed E-state index contributed by atoms with van der Waals surface area (Å²) in [5, 5.41) is 8.17. The second-order valence-corrected chi connectivity index (χ2v) is 11.4. The molecule has 208 valence electrons. The van der Waals surface area contributed by atoms with Crippen molar-refractivity contribution in [2.75, 3.05) is 18.4 Å². The van der Waals surface area contributed by atoms with Crippen molar-refractivity contribution in [1.29, 1.82) is 0 Å². The van der Waals surface area contributed by atoms with Crippen molar-refractivity contribution in [2.24, 2.45) is 0 Å². The minimum absolute atomic E-state index is 0.0155. The highest BCUT2D eigenvalue weighted by Crippen LogP contribution is 2.36. The molecule has 3 aromatic carbocycles. The van der Waals surface area contributed by atoms with Gasteiger partial charge in [-0.15, -0.1) is 0 Å². The Labute approximate surface area is 240 Å². The first-order chi connectivity index (χ1) is 19.6. The second kappa shape index (κ2) is 10.3. The van der Waals surface area contributed by atoms with Crippen LogP contribution in [0.25, 0.3) is 33.1 Å². The summed E-state index contributed by atoms with van der Waals surface area (Å²) in [4.78, 5) is 28.6. The molecule has 0 saturated carbocycles. The molecule has 0 spiro atoms. The fourth-order valence-corrected chi connectivity index (χ4v) is 5.70. The molecule has 1 unspecified atom stereocenters. The molecule has 0 aliphatic carbocycles. The van der Waals surface area contributed by atoms with Gasteiger partial charge in [-0.1, -0.05) is 23.7 Å². The van der Waals surface area contributed by atoms with E-state index in [1.54, 1.807) is 42.5 Å². The molecule has 0 radical (unpaired) electrons. The van der Waals surface area contributed by atoms with Gasteiger partial charge < -0.3 is 15.5 Å². The summed E-state index contributed by atoms with van der Waals surface area (Å²) >= 11 is 6.26. The zero-order valence-corrected chi connectivity index (χ0v) is 23.4. The molecule has 2 aromatic heterocycles. The van der Waals surface area contributed by atoms with Crippen LogP contribution in [0.5, 0.6) is 0 Å². The molecular weight excluding hydrogens is 546 g/mol. The third-order valence-corrected chi connectivity index (χ3v) is 7.32. The molecule has 1 fully saturated rings. The van der Waals surface area contributed by atoms with E-state index in [0.717, 1.165) is 0 Å². The Morgan fingerprint density at radius 1 is 1.05 bits per heavy atom. The fourth-order valence-electron chi connectivity index (χ4n) is 5.52. The van der Waals surface area contributed by atoms with Crippen LogP contribution < -0.4 is 10.6 Å². The van der Waals surface area contributed by atoms with E-state index in [0.29, 0.717) is 57.1 Å². The maximum absolute atomic E-state index is 14.7. The van der Waals surface area contributed by atoms with E-state index in [4.69, 9.17) is 11.6 Å².